The first-order chi connectivity index (χ1) is 14.6. The van der Waals surface area contributed by atoms with Gasteiger partial charge in [0.05, 0.1) is 5.52 Å². The lowest BCUT2D eigenvalue weighted by Crippen LogP contribution is -2.53. The second-order valence-electron chi connectivity index (χ2n) is 7.42. The Kier molecular flexibility index (Phi) is 6.91. The van der Waals surface area contributed by atoms with Crippen LogP contribution in [0.4, 0.5) is 22.0 Å². The number of hydrogen-bond acceptors (Lipinski definition) is 3. The van der Waals surface area contributed by atoms with Gasteiger partial charge in [0, 0.05) is 22.8 Å². The van der Waals surface area contributed by atoms with E-state index in [0.29, 0.717) is 22.2 Å². The van der Waals surface area contributed by atoms with E-state index < -0.39 is 40.6 Å². The number of hydrogen-bond donors (Lipinski definition) is 1. The van der Waals surface area contributed by atoms with Crippen molar-refractivity contribution in [1.82, 2.24) is 4.98 Å². The molecule has 0 saturated carbocycles. The molecule has 8 heteroatoms. The molecule has 0 saturated heterocycles. The minimum Gasteiger partial charge on any atom is -0.379 e. The molecule has 2 unspecified atom stereocenters. The molecule has 0 fully saturated rings. The summed E-state index contributed by atoms with van der Waals surface area (Å²) in [5, 5.41) is 11.5. The number of nitrogens with zero attached hydrogens (tertiary/aromatic N) is 1. The van der Waals surface area contributed by atoms with E-state index >= 15 is 0 Å². The van der Waals surface area contributed by atoms with E-state index in [2.05, 4.69) is 4.98 Å². The molecule has 1 aromatic heterocycles. The summed E-state index contributed by atoms with van der Waals surface area (Å²) in [6, 6.07) is 10.8. The Morgan fingerprint density at radius 2 is 1.81 bits per heavy atom. The first-order valence-corrected chi connectivity index (χ1v) is 10.9. The highest BCUT2D eigenvalue weighted by atomic mass is 32.2. The molecule has 2 aromatic carbocycles. The summed E-state index contributed by atoms with van der Waals surface area (Å²) in [6.07, 6.45) is -5.40. The summed E-state index contributed by atoms with van der Waals surface area (Å²) in [4.78, 5) is 4.39. The highest BCUT2D eigenvalue weighted by Crippen LogP contribution is 2.46. The lowest BCUT2D eigenvalue weighted by molar-refractivity contribution is -0.259. The van der Waals surface area contributed by atoms with Gasteiger partial charge in [0.15, 0.2) is 5.60 Å². The largest absolute Gasteiger partial charge is 0.418 e. The third kappa shape index (κ3) is 4.85. The zero-order chi connectivity index (χ0) is 22.8. The Hall–Kier alpha value is -2.19. The first kappa shape index (κ1) is 23.5. The molecule has 3 aromatic rings. The lowest BCUT2D eigenvalue weighted by Gasteiger charge is -2.38. The molecule has 0 aliphatic heterocycles. The molecule has 166 valence electrons. The van der Waals surface area contributed by atoms with Gasteiger partial charge in [-0.25, -0.2) is 8.78 Å². The van der Waals surface area contributed by atoms with Gasteiger partial charge in [0.2, 0.25) is 0 Å². The van der Waals surface area contributed by atoms with E-state index in [1.54, 1.807) is 44.2 Å². The number of fused-ring (bicyclic) bond motifs is 1. The van der Waals surface area contributed by atoms with E-state index in [0.717, 1.165) is 35.7 Å². The first-order valence-electron chi connectivity index (χ1n) is 9.74. The quantitative estimate of drug-likeness (QED) is 0.431. The molecule has 31 heavy (non-hydrogen) atoms. The fourth-order valence-electron chi connectivity index (χ4n) is 3.67. The van der Waals surface area contributed by atoms with Gasteiger partial charge >= 0.3 is 6.18 Å². The molecule has 1 N–H and O–H groups in total. The second-order valence-corrected chi connectivity index (χ2v) is 8.69. The Balaban J connectivity index is 2.20. The van der Waals surface area contributed by atoms with Crippen molar-refractivity contribution in [3.05, 3.63) is 77.0 Å². The van der Waals surface area contributed by atoms with Crippen molar-refractivity contribution in [2.45, 2.75) is 38.0 Å². The van der Waals surface area contributed by atoms with Crippen LogP contribution in [0.15, 0.2) is 48.5 Å². The Morgan fingerprint density at radius 3 is 2.48 bits per heavy atom. The van der Waals surface area contributed by atoms with Crippen LogP contribution >= 0.6 is 11.8 Å². The van der Waals surface area contributed by atoms with Crippen molar-refractivity contribution in [3.63, 3.8) is 0 Å². The number of halogens is 5. The van der Waals surface area contributed by atoms with E-state index in [1.807, 2.05) is 0 Å². The molecule has 0 bridgehead atoms. The van der Waals surface area contributed by atoms with Gasteiger partial charge in [-0.05, 0) is 60.6 Å². The van der Waals surface area contributed by atoms with Crippen LogP contribution in [0.25, 0.3) is 10.9 Å². The number of thioether (sulfide) groups is 1. The second kappa shape index (κ2) is 9.12. The minimum atomic E-state index is -5.06. The summed E-state index contributed by atoms with van der Waals surface area (Å²) in [5.41, 5.74) is -1.99. The van der Waals surface area contributed by atoms with Crippen molar-refractivity contribution in [2.75, 3.05) is 11.5 Å². The van der Waals surface area contributed by atoms with Gasteiger partial charge in [-0.1, -0.05) is 25.1 Å². The average molecular weight is 455 g/mol. The Morgan fingerprint density at radius 1 is 1.06 bits per heavy atom. The van der Waals surface area contributed by atoms with Crippen LogP contribution in [0.2, 0.25) is 0 Å². The van der Waals surface area contributed by atoms with Gasteiger partial charge in [-0.2, -0.15) is 24.9 Å². The number of alkyl halides is 3. The average Bonchev–Trinajstić information content (AvgIpc) is 2.71. The topological polar surface area (TPSA) is 33.1 Å². The van der Waals surface area contributed by atoms with Crippen molar-refractivity contribution in [3.8, 4) is 0 Å². The summed E-state index contributed by atoms with van der Waals surface area (Å²) in [7, 11) is 0. The number of benzene rings is 2. The highest BCUT2D eigenvalue weighted by Gasteiger charge is 2.59. The summed E-state index contributed by atoms with van der Waals surface area (Å²) in [6.45, 7) is 3.46. The van der Waals surface area contributed by atoms with E-state index in [9.17, 15) is 27.1 Å². The van der Waals surface area contributed by atoms with Crippen LogP contribution in [-0.2, 0) is 6.42 Å². The summed E-state index contributed by atoms with van der Waals surface area (Å²) >= 11 is 0.893. The van der Waals surface area contributed by atoms with Crippen LogP contribution < -0.4 is 0 Å². The van der Waals surface area contributed by atoms with Gasteiger partial charge < -0.3 is 5.11 Å². The van der Waals surface area contributed by atoms with E-state index in [1.165, 1.54) is 0 Å². The fraction of sp³-hybridized carbons (Fsp3) is 0.348. The van der Waals surface area contributed by atoms with E-state index in [-0.39, 0.29) is 6.42 Å². The summed E-state index contributed by atoms with van der Waals surface area (Å²) < 4.78 is 71.1. The van der Waals surface area contributed by atoms with Crippen LogP contribution in [0.1, 0.15) is 29.7 Å². The molecule has 2 nitrogen and oxygen atoms in total. The zero-order valence-electron chi connectivity index (χ0n) is 17.0. The predicted molar refractivity (Wildman–Crippen MR) is 113 cm³/mol. The SMILES string of the molecule is CCSCC(O)(C(Cc1cccc2nc(C)ccc12)c1cc(F)ccc1F)C(F)(F)F. The van der Waals surface area contributed by atoms with Gasteiger partial charge in [0.1, 0.15) is 11.6 Å². The Labute approximate surface area is 181 Å². The van der Waals surface area contributed by atoms with Crippen molar-refractivity contribution in [2.24, 2.45) is 0 Å². The molecular weight excluding hydrogens is 433 g/mol. The molecule has 1 heterocycles. The van der Waals surface area contributed by atoms with Gasteiger partial charge in [0.25, 0.3) is 0 Å². The maximum absolute atomic E-state index is 14.7. The van der Waals surface area contributed by atoms with Crippen LogP contribution in [-0.4, -0.2) is 33.4 Å². The smallest absolute Gasteiger partial charge is 0.379 e. The standard InChI is InChI=1S/C23H22F5NOS/c1-3-31-13-22(30,23(26,27)28)19(18-12-16(24)8-10-20(18)25)11-15-5-4-6-21-17(15)9-7-14(2)29-21/h4-10,12,19,30H,3,11,13H2,1-2H3. The maximum Gasteiger partial charge on any atom is 0.418 e. The third-order valence-electron chi connectivity index (χ3n) is 5.31. The number of aromatic nitrogens is 1. The minimum absolute atomic E-state index is 0.328. The van der Waals surface area contributed by atoms with Crippen LogP contribution in [0.3, 0.4) is 0 Å². The lowest BCUT2D eigenvalue weighted by atomic mass is 9.77. The van der Waals surface area contributed by atoms with E-state index in [4.69, 9.17) is 0 Å². The number of aliphatic hydroxyl groups is 1. The van der Waals surface area contributed by atoms with Crippen molar-refractivity contribution in [1.29, 1.82) is 0 Å². The van der Waals surface area contributed by atoms with Crippen molar-refractivity contribution >= 4 is 22.7 Å². The number of aryl methyl sites for hydroxylation is 1. The molecule has 0 aliphatic rings. The van der Waals surface area contributed by atoms with Crippen molar-refractivity contribution < 1.29 is 27.1 Å². The molecule has 3 rings (SSSR count). The molecular formula is C23H22F5NOS. The molecule has 0 amide bonds. The summed E-state index contributed by atoms with van der Waals surface area (Å²) in [5.74, 6) is -3.99. The zero-order valence-corrected chi connectivity index (χ0v) is 17.8. The number of rotatable bonds is 7. The maximum atomic E-state index is 14.7. The monoisotopic (exact) mass is 455 g/mol. The normalized spacial score (nSPS) is 15.1. The van der Waals surface area contributed by atoms with Gasteiger partial charge in [-0.3, -0.25) is 4.98 Å². The predicted octanol–water partition coefficient (Wildman–Crippen LogP) is 6.19. The van der Waals surface area contributed by atoms with Crippen LogP contribution in [0.5, 0.6) is 0 Å². The Bertz CT molecular complexity index is 1070. The van der Waals surface area contributed by atoms with Gasteiger partial charge in [-0.15, -0.1) is 0 Å². The molecule has 2 atom stereocenters. The molecule has 0 spiro atoms. The fourth-order valence-corrected chi connectivity index (χ4v) is 4.55. The molecule has 0 radical (unpaired) electrons. The highest BCUT2D eigenvalue weighted by molar-refractivity contribution is 7.99. The molecule has 0 aliphatic carbocycles. The number of pyridine rings is 1. The van der Waals surface area contributed by atoms with Crippen LogP contribution in [0, 0.1) is 18.6 Å². The third-order valence-corrected chi connectivity index (χ3v) is 6.36.